The molecule has 0 saturated heterocycles. The van der Waals surface area contributed by atoms with E-state index in [0.29, 0.717) is 5.69 Å². The Morgan fingerprint density at radius 2 is 1.83 bits per heavy atom. The molecule has 8 heteroatoms. The molecule has 0 aliphatic heterocycles. The fourth-order valence-corrected chi connectivity index (χ4v) is 2.10. The third-order valence-electron chi connectivity index (χ3n) is 3.23. The van der Waals surface area contributed by atoms with E-state index < -0.39 is 12.0 Å². The predicted octanol–water partition coefficient (Wildman–Crippen LogP) is 4.04. The van der Waals surface area contributed by atoms with Gasteiger partial charge in [-0.15, -0.1) is 0 Å². The van der Waals surface area contributed by atoms with E-state index >= 15 is 0 Å². The van der Waals surface area contributed by atoms with Gasteiger partial charge in [0.2, 0.25) is 11.7 Å². The molecular weight excluding hydrogens is 309 g/mol. The van der Waals surface area contributed by atoms with Gasteiger partial charge in [0.1, 0.15) is 5.69 Å². The highest BCUT2D eigenvalue weighted by Crippen LogP contribution is 2.32. The van der Waals surface area contributed by atoms with Crippen LogP contribution in [0.3, 0.4) is 0 Å². The number of imidazole rings is 1. The number of nitrogens with zero attached hydrogens (tertiary/aromatic N) is 2. The Balaban J connectivity index is 2.03. The molecule has 0 aliphatic rings. The Morgan fingerprint density at radius 1 is 1.13 bits per heavy atom. The number of anilines is 2. The van der Waals surface area contributed by atoms with Gasteiger partial charge in [0.15, 0.2) is 5.65 Å². The topological polar surface area (TPSA) is 62.8 Å². The molecule has 0 aliphatic carbocycles. The number of methoxy groups -OCH3 is 1. The first-order valence-electron chi connectivity index (χ1n) is 6.72. The molecule has 120 valence electrons. The number of aryl methyl sites for hydroxylation is 1. The summed E-state index contributed by atoms with van der Waals surface area (Å²) >= 11 is 0. The van der Waals surface area contributed by atoms with Crippen LogP contribution in [0.2, 0.25) is 0 Å². The van der Waals surface area contributed by atoms with Gasteiger partial charge in [-0.1, -0.05) is 17.7 Å². The van der Waals surface area contributed by atoms with E-state index in [0.717, 1.165) is 11.3 Å². The van der Waals surface area contributed by atoms with E-state index in [9.17, 15) is 13.2 Å². The van der Waals surface area contributed by atoms with Gasteiger partial charge in [-0.2, -0.15) is 18.2 Å². The van der Waals surface area contributed by atoms with Gasteiger partial charge in [0, 0.05) is 5.69 Å². The van der Waals surface area contributed by atoms with Crippen molar-refractivity contribution < 1.29 is 17.9 Å². The Hall–Kier alpha value is -2.77. The van der Waals surface area contributed by atoms with Crippen LogP contribution in [0.5, 0.6) is 5.88 Å². The lowest BCUT2D eigenvalue weighted by Gasteiger charge is -2.10. The molecule has 2 N–H and O–H groups in total. The van der Waals surface area contributed by atoms with Crippen molar-refractivity contribution in [3.8, 4) is 5.88 Å². The first kappa shape index (κ1) is 15.1. The van der Waals surface area contributed by atoms with Crippen molar-refractivity contribution in [2.24, 2.45) is 0 Å². The molecule has 1 aromatic carbocycles. The second-order valence-electron chi connectivity index (χ2n) is 4.99. The predicted molar refractivity (Wildman–Crippen MR) is 79.9 cm³/mol. The van der Waals surface area contributed by atoms with Crippen molar-refractivity contribution >= 4 is 22.5 Å². The molecule has 3 aromatic rings. The van der Waals surface area contributed by atoms with E-state index in [1.165, 1.54) is 13.2 Å². The minimum atomic E-state index is -4.56. The number of nitrogens with one attached hydrogen (secondary N) is 2. The maximum atomic E-state index is 12.7. The molecule has 0 amide bonds. The fourth-order valence-electron chi connectivity index (χ4n) is 2.10. The summed E-state index contributed by atoms with van der Waals surface area (Å²) in [5.74, 6) is -0.923. The highest BCUT2D eigenvalue weighted by atomic mass is 19.4. The van der Waals surface area contributed by atoms with Crippen LogP contribution in [0.1, 0.15) is 11.4 Å². The number of fused-ring (bicyclic) bond motifs is 1. The monoisotopic (exact) mass is 322 g/mol. The van der Waals surface area contributed by atoms with Crippen molar-refractivity contribution in [1.82, 2.24) is 15.0 Å². The number of pyridine rings is 1. The molecule has 2 heterocycles. The van der Waals surface area contributed by atoms with Crippen molar-refractivity contribution in [1.29, 1.82) is 0 Å². The molecule has 0 bridgehead atoms. The minimum Gasteiger partial charge on any atom is -0.479 e. The largest absolute Gasteiger partial charge is 0.479 e. The molecular formula is C15H13F3N4O. The third-order valence-corrected chi connectivity index (χ3v) is 3.23. The standard InChI is InChI=1S/C15H13F3N4O/c1-8-3-5-9(6-4-8)19-11-7-10-12(21-13(11)23-2)22-14(20-10)15(16,17)18/h3-7,19H,1-2H3,(H,20,21,22). The lowest BCUT2D eigenvalue weighted by atomic mass is 10.2. The van der Waals surface area contributed by atoms with Gasteiger partial charge in [0.25, 0.3) is 0 Å². The lowest BCUT2D eigenvalue weighted by Crippen LogP contribution is -2.06. The second-order valence-corrected chi connectivity index (χ2v) is 4.99. The van der Waals surface area contributed by atoms with E-state index in [2.05, 4.69) is 20.3 Å². The first-order valence-corrected chi connectivity index (χ1v) is 6.72. The van der Waals surface area contributed by atoms with Crippen molar-refractivity contribution in [3.05, 3.63) is 41.7 Å². The Kier molecular flexibility index (Phi) is 3.59. The molecule has 0 saturated carbocycles. The van der Waals surface area contributed by atoms with Crippen LogP contribution < -0.4 is 10.1 Å². The molecule has 0 fully saturated rings. The first-order chi connectivity index (χ1) is 10.9. The zero-order valence-corrected chi connectivity index (χ0v) is 12.3. The summed E-state index contributed by atoms with van der Waals surface area (Å²) in [5, 5.41) is 3.07. The Labute approximate surface area is 129 Å². The number of rotatable bonds is 3. The number of H-pyrrole nitrogens is 1. The zero-order chi connectivity index (χ0) is 16.6. The number of hydrogen-bond acceptors (Lipinski definition) is 4. The third kappa shape index (κ3) is 3.05. The van der Waals surface area contributed by atoms with Crippen molar-refractivity contribution in [2.75, 3.05) is 12.4 Å². The minimum absolute atomic E-state index is 0.0522. The maximum absolute atomic E-state index is 12.7. The maximum Gasteiger partial charge on any atom is 0.449 e. The van der Waals surface area contributed by atoms with Gasteiger partial charge in [-0.25, -0.2) is 4.98 Å². The van der Waals surface area contributed by atoms with Crippen LogP contribution in [0.25, 0.3) is 11.2 Å². The van der Waals surface area contributed by atoms with Gasteiger partial charge in [0.05, 0.1) is 12.6 Å². The summed E-state index contributed by atoms with van der Waals surface area (Å²) in [7, 11) is 1.39. The highest BCUT2D eigenvalue weighted by Gasteiger charge is 2.35. The number of alkyl halides is 3. The summed E-state index contributed by atoms with van der Waals surface area (Å²) in [4.78, 5) is 9.70. The van der Waals surface area contributed by atoms with Gasteiger partial charge < -0.3 is 15.0 Å². The van der Waals surface area contributed by atoms with E-state index in [1.54, 1.807) is 0 Å². The average molecular weight is 322 g/mol. The average Bonchev–Trinajstić information content (AvgIpc) is 2.92. The zero-order valence-electron chi connectivity index (χ0n) is 12.3. The molecule has 0 spiro atoms. The molecule has 3 rings (SSSR count). The summed E-state index contributed by atoms with van der Waals surface area (Å²) in [6.07, 6.45) is -4.56. The summed E-state index contributed by atoms with van der Waals surface area (Å²) in [6, 6.07) is 9.03. The van der Waals surface area contributed by atoms with Crippen LogP contribution in [-0.4, -0.2) is 22.1 Å². The van der Waals surface area contributed by atoms with Gasteiger partial charge >= 0.3 is 6.18 Å². The number of ether oxygens (including phenoxy) is 1. The summed E-state index contributed by atoms with van der Waals surface area (Å²) in [5.41, 5.74) is 2.43. The van der Waals surface area contributed by atoms with E-state index in [-0.39, 0.29) is 17.0 Å². The van der Waals surface area contributed by atoms with Crippen molar-refractivity contribution in [3.63, 3.8) is 0 Å². The van der Waals surface area contributed by atoms with Gasteiger partial charge in [-0.3, -0.25) is 0 Å². The number of benzene rings is 1. The lowest BCUT2D eigenvalue weighted by molar-refractivity contribution is -0.144. The molecule has 5 nitrogen and oxygen atoms in total. The summed E-state index contributed by atoms with van der Waals surface area (Å²) < 4.78 is 43.3. The number of aromatic nitrogens is 3. The van der Waals surface area contributed by atoms with Crippen LogP contribution in [0, 0.1) is 6.92 Å². The molecule has 2 aromatic heterocycles. The quantitative estimate of drug-likeness (QED) is 0.764. The van der Waals surface area contributed by atoms with Crippen LogP contribution in [-0.2, 0) is 6.18 Å². The molecule has 0 radical (unpaired) electrons. The highest BCUT2D eigenvalue weighted by molar-refractivity contribution is 5.80. The molecule has 0 atom stereocenters. The summed E-state index contributed by atoms with van der Waals surface area (Å²) in [6.45, 7) is 1.96. The smallest absolute Gasteiger partial charge is 0.449 e. The fraction of sp³-hybridized carbons (Fsp3) is 0.200. The number of hydrogen-bond donors (Lipinski definition) is 2. The van der Waals surface area contributed by atoms with E-state index in [4.69, 9.17) is 4.74 Å². The Bertz CT molecular complexity index is 840. The van der Waals surface area contributed by atoms with E-state index in [1.807, 2.05) is 31.2 Å². The Morgan fingerprint density at radius 3 is 2.43 bits per heavy atom. The molecule has 23 heavy (non-hydrogen) atoms. The second kappa shape index (κ2) is 5.45. The van der Waals surface area contributed by atoms with Crippen LogP contribution >= 0.6 is 0 Å². The van der Waals surface area contributed by atoms with Crippen molar-refractivity contribution in [2.45, 2.75) is 13.1 Å². The molecule has 0 unspecified atom stereocenters. The van der Waals surface area contributed by atoms with Crippen LogP contribution in [0.4, 0.5) is 24.5 Å². The number of halogens is 3. The van der Waals surface area contributed by atoms with Crippen LogP contribution in [0.15, 0.2) is 30.3 Å². The number of aromatic amines is 1. The SMILES string of the molecule is COc1nc2nc(C(F)(F)F)[nH]c2cc1Nc1ccc(C)cc1. The van der Waals surface area contributed by atoms with Gasteiger partial charge in [-0.05, 0) is 25.1 Å². The normalized spacial score (nSPS) is 11.7.